The Bertz CT molecular complexity index is 1140. The molecule has 1 heterocycles. The van der Waals surface area contributed by atoms with E-state index in [-0.39, 0.29) is 23.9 Å². The van der Waals surface area contributed by atoms with E-state index in [0.29, 0.717) is 17.9 Å². The molecule has 1 aliphatic rings. The van der Waals surface area contributed by atoms with Crippen molar-refractivity contribution in [1.82, 2.24) is 15.6 Å². The Morgan fingerprint density at radius 1 is 0.912 bits per heavy atom. The second-order valence-corrected chi connectivity index (χ2v) is 9.99. The van der Waals surface area contributed by atoms with E-state index in [1.807, 2.05) is 57.2 Å². The number of amides is 2. The van der Waals surface area contributed by atoms with Crippen LogP contribution in [-0.4, -0.2) is 28.9 Å². The summed E-state index contributed by atoms with van der Waals surface area (Å²) >= 11 is 1.41. The summed E-state index contributed by atoms with van der Waals surface area (Å²) in [6.07, 6.45) is 3.72. The summed E-state index contributed by atoms with van der Waals surface area (Å²) in [5.41, 5.74) is 4.42. The molecule has 0 radical (unpaired) electrons. The van der Waals surface area contributed by atoms with Crippen molar-refractivity contribution in [2.75, 3.05) is 0 Å². The smallest absolute Gasteiger partial charge is 0.271 e. The third kappa shape index (κ3) is 6.23. The van der Waals surface area contributed by atoms with Gasteiger partial charge in [-0.2, -0.15) is 0 Å². The maximum atomic E-state index is 12.9. The quantitative estimate of drug-likeness (QED) is 0.495. The largest absolute Gasteiger partial charge is 0.486 e. The minimum atomic E-state index is -0.213. The molecule has 1 aliphatic carbocycles. The van der Waals surface area contributed by atoms with Crippen LogP contribution in [0, 0.1) is 20.8 Å². The van der Waals surface area contributed by atoms with Crippen LogP contribution in [0.1, 0.15) is 68.2 Å². The van der Waals surface area contributed by atoms with Gasteiger partial charge in [-0.3, -0.25) is 9.59 Å². The molecule has 178 valence electrons. The van der Waals surface area contributed by atoms with Gasteiger partial charge >= 0.3 is 0 Å². The van der Waals surface area contributed by atoms with Crippen molar-refractivity contribution in [3.05, 3.63) is 80.8 Å². The van der Waals surface area contributed by atoms with Crippen molar-refractivity contribution >= 4 is 23.2 Å². The summed E-state index contributed by atoms with van der Waals surface area (Å²) in [5.74, 6) is 0.481. The molecule has 0 unspecified atom stereocenters. The number of aryl methyl sites for hydroxylation is 3. The lowest BCUT2D eigenvalue weighted by Gasteiger charge is -2.32. The first-order valence-corrected chi connectivity index (χ1v) is 12.6. The molecule has 2 aromatic carbocycles. The van der Waals surface area contributed by atoms with Crippen molar-refractivity contribution in [3.8, 4) is 5.75 Å². The van der Waals surface area contributed by atoms with Gasteiger partial charge in [0.2, 0.25) is 0 Å². The van der Waals surface area contributed by atoms with Crippen LogP contribution in [0.3, 0.4) is 0 Å². The fourth-order valence-electron chi connectivity index (χ4n) is 4.32. The molecule has 3 aromatic rings. The molecule has 0 saturated heterocycles. The van der Waals surface area contributed by atoms with E-state index < -0.39 is 0 Å². The molecule has 2 atom stereocenters. The van der Waals surface area contributed by atoms with Crippen molar-refractivity contribution < 1.29 is 14.3 Å². The molecule has 1 aromatic heterocycles. The molecule has 1 fully saturated rings. The number of ether oxygens (including phenoxy) is 1. The van der Waals surface area contributed by atoms with Gasteiger partial charge in [-0.05, 0) is 69.0 Å². The molecule has 2 N–H and O–H groups in total. The second kappa shape index (κ2) is 10.8. The minimum Gasteiger partial charge on any atom is -0.486 e. The number of thiazole rings is 1. The van der Waals surface area contributed by atoms with Crippen LogP contribution in [-0.2, 0) is 6.61 Å². The maximum absolute atomic E-state index is 12.9. The van der Waals surface area contributed by atoms with E-state index in [1.54, 1.807) is 5.38 Å². The van der Waals surface area contributed by atoms with E-state index in [0.717, 1.165) is 53.1 Å². The van der Waals surface area contributed by atoms with Gasteiger partial charge in [-0.1, -0.05) is 36.6 Å². The average molecular weight is 478 g/mol. The zero-order chi connectivity index (χ0) is 24.1. The van der Waals surface area contributed by atoms with Crippen LogP contribution in [0.25, 0.3) is 0 Å². The zero-order valence-corrected chi connectivity index (χ0v) is 20.7. The van der Waals surface area contributed by atoms with E-state index >= 15 is 0 Å². The molecule has 0 bridgehead atoms. The highest BCUT2D eigenvalue weighted by atomic mass is 32.1. The molecule has 2 amide bonds. The van der Waals surface area contributed by atoms with Gasteiger partial charge in [0.05, 0.1) is 0 Å². The Hall–Kier alpha value is -3.19. The number of carbonyl (C=O) groups is 2. The number of benzene rings is 2. The Kier molecular flexibility index (Phi) is 7.63. The lowest BCUT2D eigenvalue weighted by molar-refractivity contribution is 0.0860. The van der Waals surface area contributed by atoms with Crippen LogP contribution >= 0.6 is 11.3 Å². The number of hydrogen-bond donors (Lipinski definition) is 2. The summed E-state index contributed by atoms with van der Waals surface area (Å²) in [6, 6.07) is 13.4. The zero-order valence-electron chi connectivity index (χ0n) is 19.9. The summed E-state index contributed by atoms with van der Waals surface area (Å²) in [7, 11) is 0. The predicted octanol–water partition coefficient (Wildman–Crippen LogP) is 5.12. The molecular weight excluding hydrogens is 446 g/mol. The average Bonchev–Trinajstić information content (AvgIpc) is 3.28. The van der Waals surface area contributed by atoms with Crippen molar-refractivity contribution in [1.29, 1.82) is 0 Å². The van der Waals surface area contributed by atoms with Crippen LogP contribution in [0.5, 0.6) is 5.75 Å². The Morgan fingerprint density at radius 3 is 2.18 bits per heavy atom. The number of nitrogens with one attached hydrogen (secondary N) is 2. The number of hydrogen-bond acceptors (Lipinski definition) is 5. The predicted molar refractivity (Wildman–Crippen MR) is 135 cm³/mol. The molecule has 6 nitrogen and oxygen atoms in total. The third-order valence-electron chi connectivity index (χ3n) is 6.05. The molecular formula is C27H31N3O3S. The van der Waals surface area contributed by atoms with Crippen molar-refractivity contribution in [3.63, 3.8) is 0 Å². The van der Waals surface area contributed by atoms with Crippen LogP contribution in [0.15, 0.2) is 47.8 Å². The lowest BCUT2D eigenvalue weighted by Crippen LogP contribution is -2.53. The summed E-state index contributed by atoms with van der Waals surface area (Å²) in [4.78, 5) is 30.1. The van der Waals surface area contributed by atoms with Gasteiger partial charge in [0.15, 0.2) is 0 Å². The fraction of sp³-hybridized carbons (Fsp3) is 0.370. The highest BCUT2D eigenvalue weighted by Crippen LogP contribution is 2.21. The van der Waals surface area contributed by atoms with Crippen molar-refractivity contribution in [2.24, 2.45) is 0 Å². The number of aromatic nitrogens is 1. The second-order valence-electron chi connectivity index (χ2n) is 9.05. The Morgan fingerprint density at radius 2 is 1.53 bits per heavy atom. The minimum absolute atomic E-state index is 0.0995. The van der Waals surface area contributed by atoms with E-state index in [1.165, 1.54) is 11.3 Å². The topological polar surface area (TPSA) is 80.3 Å². The van der Waals surface area contributed by atoms with Gasteiger partial charge in [0.25, 0.3) is 11.8 Å². The first kappa shape index (κ1) is 24.0. The summed E-state index contributed by atoms with van der Waals surface area (Å²) in [5, 5.41) is 8.74. The van der Waals surface area contributed by atoms with Gasteiger partial charge in [-0.15, -0.1) is 11.3 Å². The summed E-state index contributed by atoms with van der Waals surface area (Å²) in [6.45, 7) is 6.38. The molecule has 0 spiro atoms. The molecule has 1 saturated carbocycles. The number of nitrogens with zero attached hydrogens (tertiary/aromatic N) is 1. The monoisotopic (exact) mass is 477 g/mol. The van der Waals surface area contributed by atoms with Gasteiger partial charge < -0.3 is 15.4 Å². The normalized spacial score (nSPS) is 17.7. The summed E-state index contributed by atoms with van der Waals surface area (Å²) < 4.78 is 5.88. The third-order valence-corrected chi connectivity index (χ3v) is 6.88. The van der Waals surface area contributed by atoms with Crippen LogP contribution in [0.4, 0.5) is 0 Å². The Balaban J connectivity index is 1.34. The number of rotatable bonds is 7. The van der Waals surface area contributed by atoms with Crippen LogP contribution in [0.2, 0.25) is 0 Å². The van der Waals surface area contributed by atoms with Gasteiger partial charge in [0, 0.05) is 23.0 Å². The molecule has 7 heteroatoms. The molecule has 34 heavy (non-hydrogen) atoms. The Labute approximate surface area is 204 Å². The maximum Gasteiger partial charge on any atom is 0.271 e. The van der Waals surface area contributed by atoms with E-state index in [9.17, 15) is 9.59 Å². The fourth-order valence-corrected chi connectivity index (χ4v) is 5.00. The molecule has 4 rings (SSSR count). The highest BCUT2D eigenvalue weighted by molar-refractivity contribution is 7.09. The standard InChI is InChI=1S/C27H31N3O3S/c1-17-8-10-20(11-9-17)26(31)29-22-6-4-5-7-23(22)30-27(32)24-16-34-25(28-24)15-33-21-13-18(2)12-19(3)14-21/h8-14,16,22-23H,4-7,15H2,1-3H3,(H,29,31)(H,30,32)/t22-,23+/m0/s1. The van der Waals surface area contributed by atoms with Crippen LogP contribution < -0.4 is 15.4 Å². The SMILES string of the molecule is Cc1ccc(C(=O)N[C@H]2CCCC[C@H]2NC(=O)c2csc(COc3cc(C)cc(C)c3)n2)cc1. The van der Waals surface area contributed by atoms with Gasteiger partial charge in [-0.25, -0.2) is 4.98 Å². The first-order valence-electron chi connectivity index (χ1n) is 11.7. The highest BCUT2D eigenvalue weighted by Gasteiger charge is 2.29. The van der Waals surface area contributed by atoms with Gasteiger partial charge in [0.1, 0.15) is 23.1 Å². The van der Waals surface area contributed by atoms with E-state index in [4.69, 9.17) is 4.74 Å². The lowest BCUT2D eigenvalue weighted by atomic mass is 9.90. The first-order chi connectivity index (χ1) is 16.4. The molecule has 0 aliphatic heterocycles. The van der Waals surface area contributed by atoms with Crippen molar-refractivity contribution in [2.45, 2.75) is 65.1 Å². The van der Waals surface area contributed by atoms with E-state index in [2.05, 4.69) is 21.7 Å². The number of carbonyl (C=O) groups excluding carboxylic acids is 2.